The molecule has 1 aliphatic carbocycles. The van der Waals surface area contributed by atoms with Gasteiger partial charge in [0.2, 0.25) is 0 Å². The highest BCUT2D eigenvalue weighted by molar-refractivity contribution is 5.87. The van der Waals surface area contributed by atoms with Crippen molar-refractivity contribution in [3.63, 3.8) is 0 Å². The first kappa shape index (κ1) is 8.47. The van der Waals surface area contributed by atoms with Crippen LogP contribution < -0.4 is 0 Å². The summed E-state index contributed by atoms with van der Waals surface area (Å²) in [7, 11) is 3.93. The number of ketones is 1. The van der Waals surface area contributed by atoms with Gasteiger partial charge in [0.05, 0.1) is 5.54 Å². The smallest absolute Gasteiger partial charge is 0.150 e. The molecule has 62 valence electrons. The second-order valence-electron chi connectivity index (χ2n) is 3.36. The maximum atomic E-state index is 11.3. The lowest BCUT2D eigenvalue weighted by atomic mass is 9.91. The predicted octanol–water partition coefficient (Wildman–Crippen LogP) is 1.23. The van der Waals surface area contributed by atoms with Crippen molar-refractivity contribution in [1.29, 1.82) is 0 Å². The standard InChI is InChI=1S/C9H15NO/c1-8(11)9(10(2)3)6-4-5-7-9/h4-5H,6-7H2,1-3H3. The molecule has 0 aromatic carbocycles. The van der Waals surface area contributed by atoms with Crippen molar-refractivity contribution in [2.24, 2.45) is 0 Å². The summed E-state index contributed by atoms with van der Waals surface area (Å²) < 4.78 is 0. The monoisotopic (exact) mass is 153 g/mol. The van der Waals surface area contributed by atoms with Crippen molar-refractivity contribution < 1.29 is 4.79 Å². The van der Waals surface area contributed by atoms with Crippen LogP contribution in [0.25, 0.3) is 0 Å². The lowest BCUT2D eigenvalue weighted by Crippen LogP contribution is -2.47. The number of Topliss-reactive ketones (excluding diaryl/α,β-unsaturated/α-hetero) is 1. The lowest BCUT2D eigenvalue weighted by Gasteiger charge is -2.33. The van der Waals surface area contributed by atoms with Crippen molar-refractivity contribution in [3.05, 3.63) is 12.2 Å². The Morgan fingerprint density at radius 2 is 1.82 bits per heavy atom. The third-order valence-corrected chi connectivity index (χ3v) is 2.59. The number of carbonyl (C=O) groups excluding carboxylic acids is 1. The van der Waals surface area contributed by atoms with E-state index in [0.29, 0.717) is 0 Å². The Hall–Kier alpha value is -0.630. The van der Waals surface area contributed by atoms with Gasteiger partial charge in [-0.3, -0.25) is 9.69 Å². The highest BCUT2D eigenvalue weighted by Gasteiger charge is 2.37. The summed E-state index contributed by atoms with van der Waals surface area (Å²) in [6.07, 6.45) is 5.91. The van der Waals surface area contributed by atoms with Gasteiger partial charge in [-0.25, -0.2) is 0 Å². The first-order valence-electron chi connectivity index (χ1n) is 3.93. The molecule has 0 aliphatic heterocycles. The third kappa shape index (κ3) is 1.23. The molecule has 1 rings (SSSR count). The van der Waals surface area contributed by atoms with Gasteiger partial charge in [0.25, 0.3) is 0 Å². The fourth-order valence-electron chi connectivity index (χ4n) is 1.61. The van der Waals surface area contributed by atoms with Crippen LogP contribution in [-0.2, 0) is 4.79 Å². The fraction of sp³-hybridized carbons (Fsp3) is 0.667. The van der Waals surface area contributed by atoms with Gasteiger partial charge in [0.1, 0.15) is 0 Å². The molecule has 0 spiro atoms. The molecule has 0 saturated carbocycles. The number of rotatable bonds is 2. The Kier molecular flexibility index (Phi) is 2.14. The predicted molar refractivity (Wildman–Crippen MR) is 45.5 cm³/mol. The van der Waals surface area contributed by atoms with E-state index < -0.39 is 0 Å². The molecular weight excluding hydrogens is 138 g/mol. The van der Waals surface area contributed by atoms with Crippen LogP contribution in [0.1, 0.15) is 19.8 Å². The first-order valence-corrected chi connectivity index (χ1v) is 3.93. The number of nitrogens with zero attached hydrogens (tertiary/aromatic N) is 1. The molecule has 0 amide bonds. The van der Waals surface area contributed by atoms with E-state index in [1.165, 1.54) is 0 Å². The summed E-state index contributed by atoms with van der Waals surface area (Å²) in [5.41, 5.74) is -0.222. The zero-order valence-electron chi connectivity index (χ0n) is 7.42. The molecule has 0 fully saturated rings. The molecule has 1 aliphatic rings. The van der Waals surface area contributed by atoms with Crippen LogP contribution in [0, 0.1) is 0 Å². The van der Waals surface area contributed by atoms with Crippen molar-refractivity contribution in [2.75, 3.05) is 14.1 Å². The molecule has 2 heteroatoms. The quantitative estimate of drug-likeness (QED) is 0.556. The van der Waals surface area contributed by atoms with Crippen LogP contribution in [0.15, 0.2) is 12.2 Å². The first-order chi connectivity index (χ1) is 5.09. The van der Waals surface area contributed by atoms with E-state index >= 15 is 0 Å². The van der Waals surface area contributed by atoms with Gasteiger partial charge >= 0.3 is 0 Å². The van der Waals surface area contributed by atoms with Crippen molar-refractivity contribution in [2.45, 2.75) is 25.3 Å². The molecule has 0 aromatic rings. The van der Waals surface area contributed by atoms with Gasteiger partial charge in [-0.15, -0.1) is 0 Å². The van der Waals surface area contributed by atoms with Gasteiger partial charge in [-0.1, -0.05) is 12.2 Å². The molecule has 2 nitrogen and oxygen atoms in total. The van der Waals surface area contributed by atoms with Gasteiger partial charge in [0.15, 0.2) is 5.78 Å². The molecular formula is C9H15NO. The molecule has 0 radical (unpaired) electrons. The SMILES string of the molecule is CC(=O)C1(N(C)C)CC=CC1. The minimum absolute atomic E-state index is 0.222. The Morgan fingerprint density at radius 1 is 1.36 bits per heavy atom. The van der Waals surface area contributed by atoms with Crippen LogP contribution in [0.4, 0.5) is 0 Å². The lowest BCUT2D eigenvalue weighted by molar-refractivity contribution is -0.126. The molecule has 0 saturated heterocycles. The zero-order valence-corrected chi connectivity index (χ0v) is 7.42. The number of hydrogen-bond donors (Lipinski definition) is 0. The van der Waals surface area contributed by atoms with Gasteiger partial charge < -0.3 is 0 Å². The fourth-order valence-corrected chi connectivity index (χ4v) is 1.61. The largest absolute Gasteiger partial charge is 0.298 e. The van der Waals surface area contributed by atoms with E-state index in [4.69, 9.17) is 0 Å². The average Bonchev–Trinajstić information content (AvgIpc) is 2.34. The van der Waals surface area contributed by atoms with E-state index in [2.05, 4.69) is 12.2 Å². The molecule has 0 atom stereocenters. The Morgan fingerprint density at radius 3 is 2.00 bits per heavy atom. The summed E-state index contributed by atoms with van der Waals surface area (Å²) in [5.74, 6) is 0.271. The number of carbonyl (C=O) groups is 1. The van der Waals surface area contributed by atoms with E-state index in [0.717, 1.165) is 12.8 Å². The Bertz CT molecular complexity index is 186. The van der Waals surface area contributed by atoms with Crippen LogP contribution in [0.5, 0.6) is 0 Å². The van der Waals surface area contributed by atoms with E-state index in [9.17, 15) is 4.79 Å². The third-order valence-electron chi connectivity index (χ3n) is 2.59. The molecule has 0 aromatic heterocycles. The highest BCUT2D eigenvalue weighted by Crippen LogP contribution is 2.29. The normalized spacial score (nSPS) is 21.1. The number of hydrogen-bond acceptors (Lipinski definition) is 2. The summed E-state index contributed by atoms with van der Waals surface area (Å²) >= 11 is 0. The van der Waals surface area contributed by atoms with Crippen LogP contribution in [0.2, 0.25) is 0 Å². The molecule has 0 heterocycles. The van der Waals surface area contributed by atoms with E-state index in [1.54, 1.807) is 6.92 Å². The highest BCUT2D eigenvalue weighted by atomic mass is 16.1. The molecule has 0 unspecified atom stereocenters. The van der Waals surface area contributed by atoms with Crippen molar-refractivity contribution in [3.8, 4) is 0 Å². The summed E-state index contributed by atoms with van der Waals surface area (Å²) in [6.45, 7) is 1.67. The molecule has 0 N–H and O–H groups in total. The van der Waals surface area contributed by atoms with Crippen molar-refractivity contribution in [1.82, 2.24) is 4.90 Å². The van der Waals surface area contributed by atoms with E-state index in [1.807, 2.05) is 19.0 Å². The molecule has 11 heavy (non-hydrogen) atoms. The van der Waals surface area contributed by atoms with Crippen LogP contribution >= 0.6 is 0 Å². The van der Waals surface area contributed by atoms with Crippen LogP contribution in [-0.4, -0.2) is 30.3 Å². The second kappa shape index (κ2) is 2.78. The Labute approximate surface area is 67.9 Å². The zero-order chi connectivity index (χ0) is 8.48. The maximum absolute atomic E-state index is 11.3. The van der Waals surface area contributed by atoms with Crippen molar-refractivity contribution >= 4 is 5.78 Å². The Balaban J connectivity index is 2.81. The van der Waals surface area contributed by atoms with Gasteiger partial charge in [-0.05, 0) is 33.9 Å². The van der Waals surface area contributed by atoms with Gasteiger partial charge in [-0.2, -0.15) is 0 Å². The summed E-state index contributed by atoms with van der Waals surface area (Å²) in [5, 5.41) is 0. The average molecular weight is 153 g/mol. The second-order valence-corrected chi connectivity index (χ2v) is 3.36. The van der Waals surface area contributed by atoms with Gasteiger partial charge in [0, 0.05) is 0 Å². The van der Waals surface area contributed by atoms with Crippen LogP contribution in [0.3, 0.4) is 0 Å². The maximum Gasteiger partial charge on any atom is 0.150 e. The molecule has 0 bridgehead atoms. The summed E-state index contributed by atoms with van der Waals surface area (Å²) in [4.78, 5) is 13.4. The van der Waals surface area contributed by atoms with E-state index in [-0.39, 0.29) is 11.3 Å². The summed E-state index contributed by atoms with van der Waals surface area (Å²) in [6, 6.07) is 0. The topological polar surface area (TPSA) is 20.3 Å². The minimum atomic E-state index is -0.222. The number of likely N-dealkylation sites (N-methyl/N-ethyl adjacent to an activating group) is 1. The minimum Gasteiger partial charge on any atom is -0.298 e.